The Morgan fingerprint density at radius 2 is 2.20 bits per heavy atom. The van der Waals surface area contributed by atoms with Gasteiger partial charge < -0.3 is 10.6 Å². The number of hydrogen-bond donors (Lipinski definition) is 1. The quantitative estimate of drug-likeness (QED) is 0.910. The molecule has 0 saturated carbocycles. The minimum atomic E-state index is 0.202. The van der Waals surface area contributed by atoms with E-state index < -0.39 is 0 Å². The van der Waals surface area contributed by atoms with E-state index in [0.717, 1.165) is 31.4 Å². The Labute approximate surface area is 122 Å². The molecule has 0 amide bonds. The maximum Gasteiger partial charge on any atom is 0.128 e. The largest absolute Gasteiger partial charge is 0.354 e. The fourth-order valence-electron chi connectivity index (χ4n) is 3.46. The Balaban J connectivity index is 1.64. The van der Waals surface area contributed by atoms with E-state index in [1.165, 1.54) is 37.9 Å². The van der Waals surface area contributed by atoms with E-state index in [9.17, 15) is 0 Å². The number of nitrogens with zero attached hydrogens (tertiary/aromatic N) is 3. The average Bonchev–Trinajstić information content (AvgIpc) is 2.47. The second-order valence-corrected chi connectivity index (χ2v) is 6.34. The van der Waals surface area contributed by atoms with Crippen molar-refractivity contribution in [2.75, 3.05) is 31.1 Å². The number of aromatic nitrogens is 1. The summed E-state index contributed by atoms with van der Waals surface area (Å²) in [5, 5.41) is 0. The lowest BCUT2D eigenvalue weighted by molar-refractivity contribution is 0.133. The van der Waals surface area contributed by atoms with E-state index in [4.69, 9.17) is 5.73 Å². The lowest BCUT2D eigenvalue weighted by Crippen LogP contribution is -2.55. The topological polar surface area (TPSA) is 45.4 Å². The summed E-state index contributed by atoms with van der Waals surface area (Å²) in [6.45, 7) is 6.76. The van der Waals surface area contributed by atoms with Crippen molar-refractivity contribution in [3.63, 3.8) is 0 Å². The number of fused-ring (bicyclic) bond motifs is 1. The number of anilines is 1. The van der Waals surface area contributed by atoms with Crippen LogP contribution in [0.1, 0.15) is 31.7 Å². The summed E-state index contributed by atoms with van der Waals surface area (Å²) in [6.07, 6.45) is 7.01. The maximum absolute atomic E-state index is 5.83. The first kappa shape index (κ1) is 13.8. The van der Waals surface area contributed by atoms with Crippen molar-refractivity contribution in [2.24, 2.45) is 5.73 Å². The zero-order valence-electron chi connectivity index (χ0n) is 12.5. The van der Waals surface area contributed by atoms with Gasteiger partial charge >= 0.3 is 0 Å². The molecule has 2 atom stereocenters. The monoisotopic (exact) mass is 274 g/mol. The molecule has 2 saturated heterocycles. The normalized spacial score (nSPS) is 25.3. The third kappa shape index (κ3) is 3.13. The summed E-state index contributed by atoms with van der Waals surface area (Å²) in [6, 6.07) is 5.28. The molecule has 1 aromatic rings. The molecule has 3 heterocycles. The smallest absolute Gasteiger partial charge is 0.128 e. The summed E-state index contributed by atoms with van der Waals surface area (Å²) in [4.78, 5) is 9.75. The molecule has 0 bridgehead atoms. The molecule has 2 fully saturated rings. The Morgan fingerprint density at radius 1 is 1.30 bits per heavy atom. The van der Waals surface area contributed by atoms with Crippen molar-refractivity contribution in [1.82, 2.24) is 9.88 Å². The molecular weight excluding hydrogens is 248 g/mol. The van der Waals surface area contributed by atoms with Crippen LogP contribution < -0.4 is 10.6 Å². The predicted molar refractivity (Wildman–Crippen MR) is 83.0 cm³/mol. The highest BCUT2D eigenvalue weighted by Crippen LogP contribution is 2.24. The molecule has 2 aliphatic heterocycles. The standard InChI is InChI=1S/C16H26N4/c1-13(17)10-14-5-6-16(18-11-14)20-9-8-19-7-3-2-4-15(19)12-20/h5-6,11,13,15H,2-4,7-10,12,17H2,1H3. The van der Waals surface area contributed by atoms with Gasteiger partial charge in [0.15, 0.2) is 0 Å². The third-order valence-electron chi connectivity index (χ3n) is 4.53. The molecule has 3 rings (SSSR count). The minimum absolute atomic E-state index is 0.202. The van der Waals surface area contributed by atoms with Gasteiger partial charge in [0.05, 0.1) is 0 Å². The van der Waals surface area contributed by atoms with Crippen molar-refractivity contribution < 1.29 is 0 Å². The Hall–Kier alpha value is -1.13. The van der Waals surface area contributed by atoms with E-state index >= 15 is 0 Å². The molecule has 0 aliphatic carbocycles. The molecule has 4 nitrogen and oxygen atoms in total. The molecule has 0 aromatic carbocycles. The van der Waals surface area contributed by atoms with Gasteiger partial charge in [-0.2, -0.15) is 0 Å². The van der Waals surface area contributed by atoms with Gasteiger partial charge in [-0.15, -0.1) is 0 Å². The number of piperazine rings is 1. The number of rotatable bonds is 3. The van der Waals surface area contributed by atoms with Gasteiger partial charge in [0.1, 0.15) is 5.82 Å². The molecule has 20 heavy (non-hydrogen) atoms. The third-order valence-corrected chi connectivity index (χ3v) is 4.53. The maximum atomic E-state index is 5.83. The fourth-order valence-corrected chi connectivity index (χ4v) is 3.46. The summed E-state index contributed by atoms with van der Waals surface area (Å²) in [5.74, 6) is 1.13. The molecule has 1 aromatic heterocycles. The van der Waals surface area contributed by atoms with Crippen LogP contribution in [0, 0.1) is 0 Å². The zero-order chi connectivity index (χ0) is 13.9. The molecule has 2 N–H and O–H groups in total. The van der Waals surface area contributed by atoms with Gasteiger partial charge in [-0.3, -0.25) is 4.90 Å². The van der Waals surface area contributed by atoms with Crippen LogP contribution in [-0.2, 0) is 6.42 Å². The first-order valence-electron chi connectivity index (χ1n) is 7.92. The summed E-state index contributed by atoms with van der Waals surface area (Å²) >= 11 is 0. The SMILES string of the molecule is CC(N)Cc1ccc(N2CCN3CCCCC3C2)nc1. The van der Waals surface area contributed by atoms with Crippen LogP contribution >= 0.6 is 0 Å². The Morgan fingerprint density at radius 3 is 2.95 bits per heavy atom. The van der Waals surface area contributed by atoms with Crippen molar-refractivity contribution in [3.05, 3.63) is 23.9 Å². The first-order valence-corrected chi connectivity index (χ1v) is 7.92. The van der Waals surface area contributed by atoms with Gasteiger partial charge in [-0.05, 0) is 44.4 Å². The van der Waals surface area contributed by atoms with Gasteiger partial charge in [-0.25, -0.2) is 4.98 Å². The summed E-state index contributed by atoms with van der Waals surface area (Å²) < 4.78 is 0. The minimum Gasteiger partial charge on any atom is -0.354 e. The van der Waals surface area contributed by atoms with Crippen LogP contribution in [-0.4, -0.2) is 48.1 Å². The molecule has 0 radical (unpaired) electrons. The highest BCUT2D eigenvalue weighted by atomic mass is 15.3. The highest BCUT2D eigenvalue weighted by molar-refractivity contribution is 5.40. The number of piperidine rings is 1. The van der Waals surface area contributed by atoms with E-state index in [1.807, 2.05) is 13.1 Å². The highest BCUT2D eigenvalue weighted by Gasteiger charge is 2.29. The number of hydrogen-bond acceptors (Lipinski definition) is 4. The average molecular weight is 274 g/mol. The molecule has 2 unspecified atom stereocenters. The van der Waals surface area contributed by atoms with E-state index in [2.05, 4.69) is 26.9 Å². The van der Waals surface area contributed by atoms with Crippen LogP contribution in [0.4, 0.5) is 5.82 Å². The lowest BCUT2D eigenvalue weighted by Gasteiger charge is -2.44. The van der Waals surface area contributed by atoms with Gasteiger partial charge in [0.25, 0.3) is 0 Å². The van der Waals surface area contributed by atoms with Crippen LogP contribution in [0.2, 0.25) is 0 Å². The second kappa shape index (κ2) is 6.10. The Bertz CT molecular complexity index is 429. The van der Waals surface area contributed by atoms with Gasteiger partial charge in [0.2, 0.25) is 0 Å². The molecule has 2 aliphatic rings. The van der Waals surface area contributed by atoms with Crippen molar-refractivity contribution in [1.29, 1.82) is 0 Å². The van der Waals surface area contributed by atoms with Crippen molar-refractivity contribution in [3.8, 4) is 0 Å². The van der Waals surface area contributed by atoms with Crippen molar-refractivity contribution >= 4 is 5.82 Å². The van der Waals surface area contributed by atoms with Gasteiger partial charge in [0, 0.05) is 37.9 Å². The second-order valence-electron chi connectivity index (χ2n) is 6.34. The van der Waals surface area contributed by atoms with E-state index in [-0.39, 0.29) is 6.04 Å². The van der Waals surface area contributed by atoms with Crippen LogP contribution in [0.5, 0.6) is 0 Å². The molecular formula is C16H26N4. The predicted octanol–water partition coefficient (Wildman–Crippen LogP) is 1.65. The van der Waals surface area contributed by atoms with E-state index in [0.29, 0.717) is 0 Å². The lowest BCUT2D eigenvalue weighted by atomic mass is 9.99. The molecule has 110 valence electrons. The van der Waals surface area contributed by atoms with Crippen molar-refractivity contribution in [2.45, 2.75) is 44.7 Å². The number of pyridine rings is 1. The van der Waals surface area contributed by atoms with Crippen LogP contribution in [0.25, 0.3) is 0 Å². The summed E-state index contributed by atoms with van der Waals surface area (Å²) in [5.41, 5.74) is 7.07. The first-order chi connectivity index (χ1) is 9.72. The zero-order valence-corrected chi connectivity index (χ0v) is 12.5. The Kier molecular flexibility index (Phi) is 4.22. The molecule has 0 spiro atoms. The van der Waals surface area contributed by atoms with E-state index in [1.54, 1.807) is 0 Å². The fraction of sp³-hybridized carbons (Fsp3) is 0.688. The molecule has 4 heteroatoms. The van der Waals surface area contributed by atoms with Gasteiger partial charge in [-0.1, -0.05) is 12.5 Å². The summed E-state index contributed by atoms with van der Waals surface area (Å²) in [7, 11) is 0. The van der Waals surface area contributed by atoms with Crippen LogP contribution in [0.15, 0.2) is 18.3 Å². The number of nitrogens with two attached hydrogens (primary N) is 1. The van der Waals surface area contributed by atoms with Crippen LogP contribution in [0.3, 0.4) is 0 Å².